The zero-order valence-electron chi connectivity index (χ0n) is 12.2. The molecule has 0 spiro atoms. The number of nitrogens with one attached hydrogen (secondary N) is 1. The molecular weight excluding hydrogens is 269 g/mol. The molecule has 1 saturated heterocycles. The van der Waals surface area contributed by atoms with Crippen molar-refractivity contribution in [2.45, 2.75) is 24.9 Å². The van der Waals surface area contributed by atoms with Crippen molar-refractivity contribution >= 4 is 0 Å². The summed E-state index contributed by atoms with van der Waals surface area (Å²) in [5.41, 5.74) is 2.09. The lowest BCUT2D eigenvalue weighted by Gasteiger charge is -2.39. The largest absolute Gasteiger partial charge is 0.381 e. The summed E-state index contributed by atoms with van der Waals surface area (Å²) in [5.74, 6) is -0.201. The Morgan fingerprint density at radius 2 is 2.00 bits per heavy atom. The smallest absolute Gasteiger partial charge is 0.123 e. The maximum Gasteiger partial charge on any atom is 0.123 e. The highest BCUT2D eigenvalue weighted by molar-refractivity contribution is 5.26. The monoisotopic (exact) mass is 289 g/mol. The summed E-state index contributed by atoms with van der Waals surface area (Å²) >= 11 is 0. The van der Waals surface area contributed by atoms with E-state index in [2.05, 4.69) is 10.3 Å². The maximum atomic E-state index is 13.2. The molecule has 1 aliphatic heterocycles. The van der Waals surface area contributed by atoms with Gasteiger partial charge in [-0.3, -0.25) is 0 Å². The van der Waals surface area contributed by atoms with Crippen LogP contribution >= 0.6 is 0 Å². The lowest BCUT2D eigenvalue weighted by atomic mass is 9.82. The van der Waals surface area contributed by atoms with Crippen LogP contribution in [0.4, 0.5) is 4.39 Å². The van der Waals surface area contributed by atoms with E-state index >= 15 is 0 Å². The van der Waals surface area contributed by atoms with Gasteiger partial charge >= 0.3 is 0 Å². The summed E-state index contributed by atoms with van der Waals surface area (Å²) in [5, 5.41) is 3.65. The number of imidazole rings is 1. The first-order valence-corrected chi connectivity index (χ1v) is 7.24. The molecule has 3 rings (SSSR count). The van der Waals surface area contributed by atoms with Crippen LogP contribution < -0.4 is 5.32 Å². The standard InChI is InChI=1S/C16H20FN3O/c1-20-12-18-10-15(20)11-19-16(6-8-21-9-7-16)13-2-4-14(17)5-3-13/h2-5,10,12,19H,6-9,11H2,1H3. The van der Waals surface area contributed by atoms with Gasteiger partial charge in [0, 0.05) is 38.5 Å². The number of aromatic nitrogens is 2. The molecule has 4 nitrogen and oxygen atoms in total. The van der Waals surface area contributed by atoms with Crippen molar-refractivity contribution in [3.63, 3.8) is 0 Å². The van der Waals surface area contributed by atoms with Crippen LogP contribution in [0.2, 0.25) is 0 Å². The number of halogens is 1. The van der Waals surface area contributed by atoms with Gasteiger partial charge in [0.25, 0.3) is 0 Å². The molecule has 0 amide bonds. The molecule has 1 aromatic heterocycles. The average molecular weight is 289 g/mol. The second-order valence-corrected chi connectivity index (χ2v) is 5.55. The zero-order valence-corrected chi connectivity index (χ0v) is 12.2. The van der Waals surface area contributed by atoms with Crippen molar-refractivity contribution in [2.24, 2.45) is 7.05 Å². The normalized spacial score (nSPS) is 17.8. The van der Waals surface area contributed by atoms with Gasteiger partial charge in [-0.1, -0.05) is 12.1 Å². The molecule has 0 unspecified atom stereocenters. The molecule has 0 radical (unpaired) electrons. The van der Waals surface area contributed by atoms with Gasteiger partial charge < -0.3 is 14.6 Å². The predicted octanol–water partition coefficient (Wildman–Crippen LogP) is 2.35. The maximum absolute atomic E-state index is 13.2. The van der Waals surface area contributed by atoms with E-state index in [-0.39, 0.29) is 11.4 Å². The van der Waals surface area contributed by atoms with Crippen LogP contribution in [0.1, 0.15) is 24.1 Å². The van der Waals surface area contributed by atoms with Crippen molar-refractivity contribution in [3.8, 4) is 0 Å². The van der Waals surface area contributed by atoms with Crippen LogP contribution in [0, 0.1) is 5.82 Å². The fourth-order valence-corrected chi connectivity index (χ4v) is 2.87. The molecule has 112 valence electrons. The minimum atomic E-state index is -0.201. The molecule has 1 fully saturated rings. The molecule has 1 aromatic carbocycles. The molecule has 0 saturated carbocycles. The second-order valence-electron chi connectivity index (χ2n) is 5.55. The number of rotatable bonds is 4. The highest BCUT2D eigenvalue weighted by Gasteiger charge is 2.34. The fraction of sp³-hybridized carbons (Fsp3) is 0.438. The number of nitrogens with zero attached hydrogens (tertiary/aromatic N) is 2. The Hall–Kier alpha value is -1.72. The number of hydrogen-bond donors (Lipinski definition) is 1. The molecule has 1 N–H and O–H groups in total. The lowest BCUT2D eigenvalue weighted by Crippen LogP contribution is -2.46. The molecule has 5 heteroatoms. The van der Waals surface area contributed by atoms with Gasteiger partial charge in [-0.05, 0) is 30.5 Å². The van der Waals surface area contributed by atoms with Gasteiger partial charge in [-0.15, -0.1) is 0 Å². The minimum absolute atomic E-state index is 0.157. The van der Waals surface area contributed by atoms with Gasteiger partial charge in [0.05, 0.1) is 12.0 Å². The molecule has 1 aliphatic rings. The van der Waals surface area contributed by atoms with E-state index < -0.39 is 0 Å². The molecule has 0 bridgehead atoms. The third kappa shape index (κ3) is 2.99. The Kier molecular flexibility index (Phi) is 4.03. The minimum Gasteiger partial charge on any atom is -0.381 e. The van der Waals surface area contributed by atoms with E-state index in [1.165, 1.54) is 12.1 Å². The van der Waals surface area contributed by atoms with E-state index in [0.29, 0.717) is 0 Å². The van der Waals surface area contributed by atoms with E-state index in [9.17, 15) is 4.39 Å². The number of hydrogen-bond acceptors (Lipinski definition) is 3. The van der Waals surface area contributed by atoms with Crippen LogP contribution in [0.5, 0.6) is 0 Å². The van der Waals surface area contributed by atoms with Gasteiger partial charge in [0.1, 0.15) is 5.82 Å². The number of ether oxygens (including phenoxy) is 1. The van der Waals surface area contributed by atoms with Crippen molar-refractivity contribution in [3.05, 3.63) is 53.9 Å². The Labute approximate surface area is 124 Å². The van der Waals surface area contributed by atoms with E-state index in [0.717, 1.165) is 43.9 Å². The summed E-state index contributed by atoms with van der Waals surface area (Å²) < 4.78 is 20.7. The summed E-state index contributed by atoms with van der Waals surface area (Å²) in [7, 11) is 1.98. The van der Waals surface area contributed by atoms with Crippen LogP contribution in [0.3, 0.4) is 0 Å². The van der Waals surface area contributed by atoms with E-state index in [1.807, 2.05) is 29.9 Å². The second kappa shape index (κ2) is 5.95. The zero-order chi connectivity index (χ0) is 14.7. The Bertz CT molecular complexity index is 588. The van der Waals surface area contributed by atoms with Crippen molar-refractivity contribution < 1.29 is 9.13 Å². The highest BCUT2D eigenvalue weighted by atomic mass is 19.1. The van der Waals surface area contributed by atoms with Gasteiger partial charge in [0.2, 0.25) is 0 Å². The van der Waals surface area contributed by atoms with Gasteiger partial charge in [0.15, 0.2) is 0 Å². The molecule has 2 heterocycles. The van der Waals surface area contributed by atoms with Crippen LogP contribution in [-0.2, 0) is 23.9 Å². The summed E-state index contributed by atoms with van der Waals surface area (Å²) in [6.07, 6.45) is 5.43. The SMILES string of the molecule is Cn1cncc1CNC1(c2ccc(F)cc2)CCOCC1. The number of aryl methyl sites for hydroxylation is 1. The Morgan fingerprint density at radius 1 is 1.29 bits per heavy atom. The molecule has 2 aromatic rings. The molecule has 0 atom stereocenters. The molecule has 0 aliphatic carbocycles. The van der Waals surface area contributed by atoms with Gasteiger partial charge in [-0.2, -0.15) is 0 Å². The van der Waals surface area contributed by atoms with Crippen LogP contribution in [-0.4, -0.2) is 22.8 Å². The third-order valence-electron chi connectivity index (χ3n) is 4.27. The molecular formula is C16H20FN3O. The number of benzene rings is 1. The topological polar surface area (TPSA) is 39.1 Å². The van der Waals surface area contributed by atoms with Gasteiger partial charge in [-0.25, -0.2) is 9.37 Å². The average Bonchev–Trinajstić information content (AvgIpc) is 2.92. The highest BCUT2D eigenvalue weighted by Crippen LogP contribution is 2.32. The first-order valence-electron chi connectivity index (χ1n) is 7.24. The fourth-order valence-electron chi connectivity index (χ4n) is 2.87. The van der Waals surface area contributed by atoms with Crippen LogP contribution in [0.25, 0.3) is 0 Å². The first kappa shape index (κ1) is 14.2. The third-order valence-corrected chi connectivity index (χ3v) is 4.27. The van der Waals surface area contributed by atoms with Crippen molar-refractivity contribution in [1.82, 2.24) is 14.9 Å². The summed E-state index contributed by atoms with van der Waals surface area (Å²) in [6.45, 7) is 2.17. The summed E-state index contributed by atoms with van der Waals surface area (Å²) in [6, 6.07) is 6.80. The quantitative estimate of drug-likeness (QED) is 0.939. The Morgan fingerprint density at radius 3 is 2.62 bits per heavy atom. The van der Waals surface area contributed by atoms with Crippen LogP contribution in [0.15, 0.2) is 36.8 Å². The Balaban J connectivity index is 1.83. The molecule has 21 heavy (non-hydrogen) atoms. The van der Waals surface area contributed by atoms with Crippen molar-refractivity contribution in [1.29, 1.82) is 0 Å². The first-order chi connectivity index (χ1) is 10.2. The summed E-state index contributed by atoms with van der Waals surface area (Å²) in [4.78, 5) is 4.14. The van der Waals surface area contributed by atoms with E-state index in [4.69, 9.17) is 4.74 Å². The lowest BCUT2D eigenvalue weighted by molar-refractivity contribution is 0.0355. The predicted molar refractivity (Wildman–Crippen MR) is 78.2 cm³/mol. The van der Waals surface area contributed by atoms with E-state index in [1.54, 1.807) is 6.33 Å². The van der Waals surface area contributed by atoms with Crippen molar-refractivity contribution in [2.75, 3.05) is 13.2 Å².